The number of nitrogens with zero attached hydrogens (tertiary/aromatic N) is 1. The van der Waals surface area contributed by atoms with Crippen molar-refractivity contribution in [3.63, 3.8) is 0 Å². The number of likely N-dealkylation sites (tertiary alicyclic amines) is 1. The average Bonchev–Trinajstić information content (AvgIpc) is 2.31. The number of β-amino-alcohol motifs (C(OH)–C–C–N with tert-alkyl or cyclic N) is 1. The third-order valence-electron chi connectivity index (χ3n) is 3.42. The van der Waals surface area contributed by atoms with E-state index in [9.17, 15) is 15.3 Å². The molecule has 0 saturated carbocycles. The number of piperidine rings is 1. The lowest BCUT2D eigenvalue weighted by Gasteiger charge is -2.51. The molecule has 3 N–H and O–H groups in total. The van der Waals surface area contributed by atoms with Crippen LogP contribution in [0.1, 0.15) is 20.8 Å². The van der Waals surface area contributed by atoms with Crippen LogP contribution in [-0.2, 0) is 9.47 Å². The first-order valence-corrected chi connectivity index (χ1v) is 5.86. The summed E-state index contributed by atoms with van der Waals surface area (Å²) in [5.74, 6) is 0. The van der Waals surface area contributed by atoms with Crippen LogP contribution in [0.4, 0.5) is 0 Å². The minimum absolute atomic E-state index is 0.252. The van der Waals surface area contributed by atoms with Gasteiger partial charge >= 0.3 is 0 Å². The van der Waals surface area contributed by atoms with Gasteiger partial charge in [-0.3, -0.25) is 4.90 Å². The molecule has 0 aliphatic carbocycles. The Morgan fingerprint density at radius 1 is 1.41 bits per heavy atom. The van der Waals surface area contributed by atoms with Gasteiger partial charge in [0.1, 0.15) is 12.2 Å². The maximum Gasteiger partial charge on any atom is 0.156 e. The number of aliphatic hydroxyl groups excluding tert-OH is 3. The van der Waals surface area contributed by atoms with Gasteiger partial charge in [-0.25, -0.2) is 0 Å². The lowest BCUT2D eigenvalue weighted by atomic mass is 9.91. The molecule has 5 unspecified atom stereocenters. The zero-order chi connectivity index (χ0) is 13.2. The minimum Gasteiger partial charge on any atom is -0.389 e. The SMILES string of the molecule is CCN1CC(O)C(O)C(O)C1(C)OC(C)OC. The maximum atomic E-state index is 10.1. The smallest absolute Gasteiger partial charge is 0.156 e. The zero-order valence-corrected chi connectivity index (χ0v) is 10.8. The van der Waals surface area contributed by atoms with Gasteiger partial charge in [-0.05, 0) is 20.4 Å². The summed E-state index contributed by atoms with van der Waals surface area (Å²) in [6, 6.07) is 0. The lowest BCUT2D eigenvalue weighted by Crippen LogP contribution is -2.69. The summed E-state index contributed by atoms with van der Waals surface area (Å²) in [7, 11) is 1.50. The van der Waals surface area contributed by atoms with Gasteiger partial charge in [0.15, 0.2) is 12.0 Å². The van der Waals surface area contributed by atoms with Gasteiger partial charge in [0.25, 0.3) is 0 Å². The molecule has 0 radical (unpaired) electrons. The number of methoxy groups -OCH3 is 1. The Bertz CT molecular complexity index is 248. The maximum absolute atomic E-state index is 10.1. The highest BCUT2D eigenvalue weighted by Gasteiger charge is 2.51. The van der Waals surface area contributed by atoms with Crippen LogP contribution in [0.3, 0.4) is 0 Å². The van der Waals surface area contributed by atoms with Crippen molar-refractivity contribution in [3.8, 4) is 0 Å². The predicted octanol–water partition coefficient (Wildman–Crippen LogP) is -0.870. The van der Waals surface area contributed by atoms with Gasteiger partial charge in [0, 0.05) is 13.7 Å². The Morgan fingerprint density at radius 2 is 2.00 bits per heavy atom. The van der Waals surface area contributed by atoms with E-state index in [4.69, 9.17) is 9.47 Å². The summed E-state index contributed by atoms with van der Waals surface area (Å²) in [5, 5.41) is 29.4. The van der Waals surface area contributed by atoms with Gasteiger partial charge in [0.2, 0.25) is 0 Å². The molecule has 5 atom stereocenters. The molecular formula is C11H23NO5. The molecule has 1 rings (SSSR count). The molecule has 1 aliphatic heterocycles. The number of rotatable bonds is 4. The van der Waals surface area contributed by atoms with Crippen LogP contribution in [0.2, 0.25) is 0 Å². The fourth-order valence-corrected chi connectivity index (χ4v) is 2.20. The second-order valence-corrected chi connectivity index (χ2v) is 4.52. The third kappa shape index (κ3) is 2.78. The summed E-state index contributed by atoms with van der Waals surface area (Å²) in [4.78, 5) is 1.78. The van der Waals surface area contributed by atoms with E-state index in [0.29, 0.717) is 6.54 Å². The van der Waals surface area contributed by atoms with E-state index in [0.717, 1.165) is 0 Å². The van der Waals surface area contributed by atoms with E-state index in [2.05, 4.69) is 0 Å². The molecule has 6 heteroatoms. The van der Waals surface area contributed by atoms with Crippen molar-refractivity contribution in [2.45, 2.75) is 51.1 Å². The monoisotopic (exact) mass is 249 g/mol. The fourth-order valence-electron chi connectivity index (χ4n) is 2.20. The van der Waals surface area contributed by atoms with E-state index in [-0.39, 0.29) is 6.54 Å². The Morgan fingerprint density at radius 3 is 2.47 bits per heavy atom. The van der Waals surface area contributed by atoms with Crippen molar-refractivity contribution in [2.24, 2.45) is 0 Å². The van der Waals surface area contributed by atoms with Crippen LogP contribution in [0.5, 0.6) is 0 Å². The van der Waals surface area contributed by atoms with E-state index >= 15 is 0 Å². The molecule has 6 nitrogen and oxygen atoms in total. The second-order valence-electron chi connectivity index (χ2n) is 4.52. The Labute approximate surface area is 102 Å². The van der Waals surface area contributed by atoms with Gasteiger partial charge in [0.05, 0.1) is 6.10 Å². The zero-order valence-electron chi connectivity index (χ0n) is 10.8. The Balaban J connectivity index is 2.90. The van der Waals surface area contributed by atoms with Crippen LogP contribution in [0.15, 0.2) is 0 Å². The molecule has 0 aromatic carbocycles. The van der Waals surface area contributed by atoms with E-state index in [1.807, 2.05) is 6.92 Å². The van der Waals surface area contributed by atoms with Crippen LogP contribution < -0.4 is 0 Å². The number of likely N-dealkylation sites (N-methyl/N-ethyl adjacent to an activating group) is 1. The fraction of sp³-hybridized carbons (Fsp3) is 1.00. The highest BCUT2D eigenvalue weighted by molar-refractivity contribution is 4.98. The molecule has 0 spiro atoms. The normalized spacial score (nSPS) is 41.5. The largest absolute Gasteiger partial charge is 0.389 e. The standard InChI is InChI=1S/C11H23NO5/c1-5-12-6-8(13)9(14)10(15)11(12,3)17-7(2)16-4/h7-10,13-15H,5-6H2,1-4H3. The topological polar surface area (TPSA) is 82.4 Å². The van der Waals surface area contributed by atoms with Crippen LogP contribution in [0.25, 0.3) is 0 Å². The van der Waals surface area contributed by atoms with Crippen LogP contribution >= 0.6 is 0 Å². The molecular weight excluding hydrogens is 226 g/mol. The summed E-state index contributed by atoms with van der Waals surface area (Å²) in [6.07, 6.45) is -3.89. The number of hydrogen-bond donors (Lipinski definition) is 3. The van der Waals surface area contributed by atoms with Crippen molar-refractivity contribution >= 4 is 0 Å². The minimum atomic E-state index is -1.22. The summed E-state index contributed by atoms with van der Waals surface area (Å²) in [5.41, 5.74) is -1.07. The molecule has 0 aromatic rings. The number of hydrogen-bond acceptors (Lipinski definition) is 6. The molecule has 1 saturated heterocycles. The Hall–Kier alpha value is -0.240. The van der Waals surface area contributed by atoms with E-state index in [1.165, 1.54) is 7.11 Å². The molecule has 1 heterocycles. The summed E-state index contributed by atoms with van der Waals surface area (Å²) < 4.78 is 10.7. The van der Waals surface area contributed by atoms with E-state index < -0.39 is 30.3 Å². The number of aliphatic hydroxyl groups is 3. The molecule has 1 fully saturated rings. The van der Waals surface area contributed by atoms with Crippen molar-refractivity contribution < 1.29 is 24.8 Å². The van der Waals surface area contributed by atoms with Crippen LogP contribution in [-0.4, -0.2) is 70.7 Å². The molecule has 1 aliphatic rings. The first kappa shape index (κ1) is 14.8. The van der Waals surface area contributed by atoms with Crippen molar-refractivity contribution in [1.82, 2.24) is 4.90 Å². The highest BCUT2D eigenvalue weighted by Crippen LogP contribution is 2.31. The number of ether oxygens (including phenoxy) is 2. The summed E-state index contributed by atoms with van der Waals surface area (Å²) >= 11 is 0. The van der Waals surface area contributed by atoms with Crippen LogP contribution in [0, 0.1) is 0 Å². The van der Waals surface area contributed by atoms with Crippen molar-refractivity contribution in [2.75, 3.05) is 20.2 Å². The molecule has 0 bridgehead atoms. The molecule has 0 aromatic heterocycles. The molecule has 102 valence electrons. The second kappa shape index (κ2) is 5.60. The van der Waals surface area contributed by atoms with Crippen molar-refractivity contribution in [3.05, 3.63) is 0 Å². The first-order chi connectivity index (χ1) is 7.86. The molecule has 0 amide bonds. The quantitative estimate of drug-likeness (QED) is 0.562. The van der Waals surface area contributed by atoms with E-state index in [1.54, 1.807) is 18.7 Å². The lowest BCUT2D eigenvalue weighted by molar-refractivity contribution is -0.312. The average molecular weight is 249 g/mol. The van der Waals surface area contributed by atoms with Gasteiger partial charge in [-0.2, -0.15) is 0 Å². The van der Waals surface area contributed by atoms with Gasteiger partial charge < -0.3 is 24.8 Å². The molecule has 17 heavy (non-hydrogen) atoms. The van der Waals surface area contributed by atoms with Crippen molar-refractivity contribution in [1.29, 1.82) is 0 Å². The van der Waals surface area contributed by atoms with Gasteiger partial charge in [-0.15, -0.1) is 0 Å². The first-order valence-electron chi connectivity index (χ1n) is 5.86. The summed E-state index contributed by atoms with van der Waals surface area (Å²) in [6.45, 7) is 6.14. The highest BCUT2D eigenvalue weighted by atomic mass is 16.7. The third-order valence-corrected chi connectivity index (χ3v) is 3.42. The Kier molecular flexibility index (Phi) is 4.88. The van der Waals surface area contributed by atoms with Gasteiger partial charge in [-0.1, -0.05) is 6.92 Å². The predicted molar refractivity (Wildman–Crippen MR) is 61.2 cm³/mol.